The van der Waals surface area contributed by atoms with Crippen molar-refractivity contribution >= 4 is 18.1 Å². The van der Waals surface area contributed by atoms with Gasteiger partial charge in [0.2, 0.25) is 6.79 Å². The average Bonchev–Trinajstić information content (AvgIpc) is 3.34. The van der Waals surface area contributed by atoms with Gasteiger partial charge in [0, 0.05) is 5.56 Å². The molecule has 0 saturated heterocycles. The van der Waals surface area contributed by atoms with E-state index >= 15 is 0 Å². The molecule has 0 aromatic heterocycles. The van der Waals surface area contributed by atoms with Crippen molar-refractivity contribution in [1.29, 1.82) is 0 Å². The van der Waals surface area contributed by atoms with E-state index in [0.29, 0.717) is 52.9 Å². The lowest BCUT2D eigenvalue weighted by Gasteiger charge is -2.11. The van der Waals surface area contributed by atoms with Crippen LogP contribution in [0.5, 0.6) is 28.7 Å². The standard InChI is InChI=1S/C26H24N2O7/c1-3-31-20-9-6-18(7-10-20)26(30)35-22-11-5-17(13-23(22)32-4-2)15-27-28-25(29)19-8-12-21-24(14-19)34-16-33-21/h5-15H,3-4,16H2,1-2H3,(H,28,29)/b27-15-. The summed E-state index contributed by atoms with van der Waals surface area (Å²) in [4.78, 5) is 24.9. The summed E-state index contributed by atoms with van der Waals surface area (Å²) in [5, 5.41) is 4.00. The number of hydrogen-bond donors (Lipinski definition) is 1. The van der Waals surface area contributed by atoms with Crippen molar-refractivity contribution in [2.75, 3.05) is 20.0 Å². The minimum absolute atomic E-state index is 0.131. The molecule has 0 spiro atoms. The number of fused-ring (bicyclic) bond motifs is 1. The lowest BCUT2D eigenvalue weighted by Crippen LogP contribution is -2.17. The van der Waals surface area contributed by atoms with Gasteiger partial charge < -0.3 is 23.7 Å². The Morgan fingerprint density at radius 3 is 2.40 bits per heavy atom. The van der Waals surface area contributed by atoms with E-state index in [9.17, 15) is 9.59 Å². The third-order valence-electron chi connectivity index (χ3n) is 4.89. The van der Waals surface area contributed by atoms with Crippen LogP contribution >= 0.6 is 0 Å². The van der Waals surface area contributed by atoms with Crippen molar-refractivity contribution in [3.05, 3.63) is 77.4 Å². The van der Waals surface area contributed by atoms with Gasteiger partial charge >= 0.3 is 5.97 Å². The molecule has 1 N–H and O–H groups in total. The van der Waals surface area contributed by atoms with Crippen LogP contribution < -0.4 is 29.1 Å². The minimum Gasteiger partial charge on any atom is -0.494 e. The average molecular weight is 476 g/mol. The van der Waals surface area contributed by atoms with Gasteiger partial charge in [-0.25, -0.2) is 10.2 Å². The van der Waals surface area contributed by atoms with Crippen LogP contribution in [0.4, 0.5) is 0 Å². The Balaban J connectivity index is 1.41. The number of nitrogens with one attached hydrogen (secondary N) is 1. The maximum absolute atomic E-state index is 12.6. The molecule has 1 heterocycles. The predicted octanol–water partition coefficient (Wildman–Crippen LogP) is 4.20. The van der Waals surface area contributed by atoms with E-state index in [0.717, 1.165) is 0 Å². The molecule has 180 valence electrons. The summed E-state index contributed by atoms with van der Waals surface area (Å²) in [7, 11) is 0. The second kappa shape index (κ2) is 11.1. The third kappa shape index (κ3) is 5.89. The van der Waals surface area contributed by atoms with Crippen LogP contribution in [0.2, 0.25) is 0 Å². The first-order valence-electron chi connectivity index (χ1n) is 11.0. The van der Waals surface area contributed by atoms with Gasteiger partial charge in [0.05, 0.1) is 25.0 Å². The number of benzene rings is 3. The van der Waals surface area contributed by atoms with E-state index in [-0.39, 0.29) is 12.5 Å². The minimum atomic E-state index is -0.522. The van der Waals surface area contributed by atoms with Gasteiger partial charge in [-0.05, 0) is 80.1 Å². The van der Waals surface area contributed by atoms with E-state index in [1.165, 1.54) is 6.21 Å². The van der Waals surface area contributed by atoms with E-state index in [1.54, 1.807) is 60.7 Å². The van der Waals surface area contributed by atoms with E-state index < -0.39 is 11.9 Å². The maximum atomic E-state index is 12.6. The molecule has 0 unspecified atom stereocenters. The molecule has 3 aromatic carbocycles. The molecule has 1 aliphatic rings. The number of carbonyl (C=O) groups is 2. The molecule has 0 saturated carbocycles. The fourth-order valence-corrected chi connectivity index (χ4v) is 3.24. The molecule has 1 aliphatic heterocycles. The Morgan fingerprint density at radius 2 is 1.63 bits per heavy atom. The number of rotatable bonds is 9. The first-order chi connectivity index (χ1) is 17.1. The molecule has 0 radical (unpaired) electrons. The van der Waals surface area contributed by atoms with Crippen molar-refractivity contribution in [1.82, 2.24) is 5.43 Å². The highest BCUT2D eigenvalue weighted by atomic mass is 16.7. The number of amides is 1. The summed E-state index contributed by atoms with van der Waals surface area (Å²) in [6.07, 6.45) is 1.46. The van der Waals surface area contributed by atoms with Crippen molar-refractivity contribution < 1.29 is 33.3 Å². The van der Waals surface area contributed by atoms with Crippen LogP contribution in [0, 0.1) is 0 Å². The highest BCUT2D eigenvalue weighted by Gasteiger charge is 2.16. The Labute approximate surface area is 202 Å². The predicted molar refractivity (Wildman–Crippen MR) is 128 cm³/mol. The molecule has 0 atom stereocenters. The van der Waals surface area contributed by atoms with Crippen LogP contribution in [0.15, 0.2) is 65.8 Å². The first-order valence-corrected chi connectivity index (χ1v) is 11.0. The van der Waals surface area contributed by atoms with Crippen molar-refractivity contribution in [3.8, 4) is 28.7 Å². The van der Waals surface area contributed by atoms with Crippen molar-refractivity contribution in [2.24, 2.45) is 5.10 Å². The second-order valence-electron chi connectivity index (χ2n) is 7.25. The molecule has 3 aromatic rings. The maximum Gasteiger partial charge on any atom is 0.343 e. The highest BCUT2D eigenvalue weighted by Crippen LogP contribution is 2.32. The molecular weight excluding hydrogens is 452 g/mol. The molecule has 9 heteroatoms. The van der Waals surface area contributed by atoms with E-state index in [1.807, 2.05) is 13.8 Å². The van der Waals surface area contributed by atoms with Crippen LogP contribution in [-0.4, -0.2) is 38.1 Å². The molecule has 0 aliphatic carbocycles. The summed E-state index contributed by atoms with van der Waals surface area (Å²) in [5.74, 6) is 1.51. The summed E-state index contributed by atoms with van der Waals surface area (Å²) in [6, 6.07) is 16.5. The lowest BCUT2D eigenvalue weighted by molar-refractivity contribution is 0.0728. The Bertz CT molecular complexity index is 1240. The number of hydrazone groups is 1. The van der Waals surface area contributed by atoms with Crippen molar-refractivity contribution in [3.63, 3.8) is 0 Å². The van der Waals surface area contributed by atoms with Crippen LogP contribution in [0.25, 0.3) is 0 Å². The Morgan fingerprint density at radius 1 is 0.886 bits per heavy atom. The third-order valence-corrected chi connectivity index (χ3v) is 4.89. The molecule has 4 rings (SSSR count). The number of ether oxygens (including phenoxy) is 5. The molecule has 1 amide bonds. The molecular formula is C26H24N2O7. The Hall–Kier alpha value is -4.53. The van der Waals surface area contributed by atoms with Crippen LogP contribution in [-0.2, 0) is 0 Å². The fourth-order valence-electron chi connectivity index (χ4n) is 3.24. The summed E-state index contributed by atoms with van der Waals surface area (Å²) in [5.41, 5.74) is 3.88. The first kappa shape index (κ1) is 23.6. The zero-order valence-electron chi connectivity index (χ0n) is 19.3. The SMILES string of the molecule is CCOc1ccc(C(=O)Oc2ccc(/C=N\NC(=O)c3ccc4c(c3)OCO4)cc2OCC)cc1. The van der Waals surface area contributed by atoms with Gasteiger partial charge in [-0.2, -0.15) is 5.10 Å². The summed E-state index contributed by atoms with van der Waals surface area (Å²) < 4.78 is 27.1. The van der Waals surface area contributed by atoms with Crippen LogP contribution in [0.1, 0.15) is 40.1 Å². The lowest BCUT2D eigenvalue weighted by atomic mass is 10.2. The van der Waals surface area contributed by atoms with Gasteiger partial charge in [0.1, 0.15) is 5.75 Å². The zero-order valence-corrected chi connectivity index (χ0v) is 19.3. The second-order valence-corrected chi connectivity index (χ2v) is 7.25. The van der Waals surface area contributed by atoms with Crippen LogP contribution in [0.3, 0.4) is 0 Å². The van der Waals surface area contributed by atoms with Gasteiger partial charge in [0.15, 0.2) is 23.0 Å². The molecule has 0 bridgehead atoms. The van der Waals surface area contributed by atoms with Crippen molar-refractivity contribution in [2.45, 2.75) is 13.8 Å². The Kier molecular flexibility index (Phi) is 7.47. The fraction of sp³-hybridized carbons (Fsp3) is 0.192. The van der Waals surface area contributed by atoms with Gasteiger partial charge in [0.25, 0.3) is 5.91 Å². The van der Waals surface area contributed by atoms with Gasteiger partial charge in [-0.15, -0.1) is 0 Å². The molecule has 9 nitrogen and oxygen atoms in total. The normalized spacial score (nSPS) is 11.8. The molecule has 0 fully saturated rings. The number of esters is 1. The smallest absolute Gasteiger partial charge is 0.343 e. The molecule has 35 heavy (non-hydrogen) atoms. The summed E-state index contributed by atoms with van der Waals surface area (Å²) in [6.45, 7) is 4.75. The number of carbonyl (C=O) groups excluding carboxylic acids is 2. The monoisotopic (exact) mass is 476 g/mol. The largest absolute Gasteiger partial charge is 0.494 e. The quantitative estimate of drug-likeness (QED) is 0.214. The van der Waals surface area contributed by atoms with Gasteiger partial charge in [-0.1, -0.05) is 0 Å². The highest BCUT2D eigenvalue weighted by molar-refractivity contribution is 5.95. The van der Waals surface area contributed by atoms with E-state index in [4.69, 9.17) is 23.7 Å². The number of nitrogens with zero attached hydrogens (tertiary/aromatic N) is 1. The number of hydrogen-bond acceptors (Lipinski definition) is 8. The van der Waals surface area contributed by atoms with E-state index in [2.05, 4.69) is 10.5 Å². The van der Waals surface area contributed by atoms with Gasteiger partial charge in [-0.3, -0.25) is 4.79 Å². The zero-order chi connectivity index (χ0) is 24.6. The summed E-state index contributed by atoms with van der Waals surface area (Å²) >= 11 is 0. The topological polar surface area (TPSA) is 105 Å².